The van der Waals surface area contributed by atoms with Crippen LogP contribution in [-0.2, 0) is 14.3 Å². The van der Waals surface area contributed by atoms with Crippen molar-refractivity contribution in [2.75, 3.05) is 6.61 Å². The lowest BCUT2D eigenvalue weighted by atomic mass is 9.76. The van der Waals surface area contributed by atoms with E-state index in [1.54, 1.807) is 13.8 Å². The third-order valence-electron chi connectivity index (χ3n) is 5.67. The number of allylic oxidation sites excluding steroid dienone is 1. The maximum atomic E-state index is 13.2. The zero-order chi connectivity index (χ0) is 18.8. The first kappa shape index (κ1) is 20.1. The van der Waals surface area contributed by atoms with Gasteiger partial charge in [-0.1, -0.05) is 25.5 Å². The Bertz CT molecular complexity index is 546. The number of ether oxygens (including phenoxy) is 1. The molecule has 142 valence electrons. The molecule has 2 bridgehead atoms. The maximum Gasteiger partial charge on any atom is 0.308 e. The topological polar surface area (TPSA) is 95.9 Å². The van der Waals surface area contributed by atoms with E-state index < -0.39 is 29.6 Å². The van der Waals surface area contributed by atoms with Gasteiger partial charge in [0, 0.05) is 5.92 Å². The SMILES string of the molecule is C/C1=C/C2COC(=O)C[C@H](O)[C@](C)(N2)C(=O)[C@H](C)[C@@H](O)[C@@H](C)CCC1. The number of hydrogen-bond donors (Lipinski definition) is 3. The summed E-state index contributed by atoms with van der Waals surface area (Å²) in [6, 6.07) is -0.353. The zero-order valence-corrected chi connectivity index (χ0v) is 15.6. The highest BCUT2D eigenvalue weighted by molar-refractivity contribution is 5.92. The number of aliphatic hydroxyl groups excluding tert-OH is 2. The molecule has 1 unspecified atom stereocenters. The van der Waals surface area contributed by atoms with Crippen molar-refractivity contribution in [2.45, 2.75) is 77.2 Å². The van der Waals surface area contributed by atoms with Gasteiger partial charge in [0.25, 0.3) is 0 Å². The normalized spacial score (nSPS) is 43.6. The number of fused-ring (bicyclic) bond motifs is 2. The van der Waals surface area contributed by atoms with E-state index in [-0.39, 0.29) is 30.8 Å². The summed E-state index contributed by atoms with van der Waals surface area (Å²) in [6.07, 6.45) is 2.37. The highest BCUT2D eigenvalue weighted by Crippen LogP contribution is 2.29. The van der Waals surface area contributed by atoms with E-state index in [0.29, 0.717) is 0 Å². The number of carbonyl (C=O) groups excluding carboxylic acids is 2. The van der Waals surface area contributed by atoms with Crippen molar-refractivity contribution in [1.29, 1.82) is 0 Å². The number of nitrogens with one attached hydrogen (secondary N) is 1. The fourth-order valence-corrected chi connectivity index (χ4v) is 3.87. The van der Waals surface area contributed by atoms with Gasteiger partial charge in [-0.25, -0.2) is 0 Å². The van der Waals surface area contributed by atoms with Crippen LogP contribution >= 0.6 is 0 Å². The second-order valence-corrected chi connectivity index (χ2v) is 7.88. The van der Waals surface area contributed by atoms with Crippen LogP contribution in [0.5, 0.6) is 0 Å². The largest absolute Gasteiger partial charge is 0.464 e. The van der Waals surface area contributed by atoms with Crippen LogP contribution in [0.2, 0.25) is 0 Å². The minimum absolute atomic E-state index is 0.0127. The van der Waals surface area contributed by atoms with E-state index in [9.17, 15) is 19.8 Å². The molecule has 0 amide bonds. The molecule has 0 aromatic carbocycles. The lowest BCUT2D eigenvalue weighted by Gasteiger charge is -2.41. The third kappa shape index (κ3) is 4.49. The van der Waals surface area contributed by atoms with Crippen LogP contribution in [0.25, 0.3) is 0 Å². The Labute approximate surface area is 149 Å². The second kappa shape index (κ2) is 7.98. The number of rotatable bonds is 0. The molecule has 6 heteroatoms. The van der Waals surface area contributed by atoms with Gasteiger partial charge in [0.05, 0.1) is 24.7 Å². The maximum absolute atomic E-state index is 13.2. The average Bonchev–Trinajstić information content (AvgIpc) is 2.55. The molecule has 6 nitrogen and oxygen atoms in total. The van der Waals surface area contributed by atoms with Crippen molar-refractivity contribution in [3.63, 3.8) is 0 Å². The Balaban J connectivity index is 2.44. The molecule has 0 saturated carbocycles. The van der Waals surface area contributed by atoms with Crippen LogP contribution in [-0.4, -0.2) is 52.4 Å². The van der Waals surface area contributed by atoms with Crippen molar-refractivity contribution in [3.05, 3.63) is 11.6 Å². The van der Waals surface area contributed by atoms with E-state index in [1.807, 2.05) is 19.9 Å². The van der Waals surface area contributed by atoms with Gasteiger partial charge in [0.15, 0.2) is 5.78 Å². The second-order valence-electron chi connectivity index (χ2n) is 7.88. The molecule has 2 heterocycles. The number of aliphatic hydroxyl groups is 2. The van der Waals surface area contributed by atoms with Crippen LogP contribution in [0.4, 0.5) is 0 Å². The van der Waals surface area contributed by atoms with Crippen molar-refractivity contribution >= 4 is 11.8 Å². The van der Waals surface area contributed by atoms with Gasteiger partial charge < -0.3 is 14.9 Å². The molecule has 1 fully saturated rings. The van der Waals surface area contributed by atoms with Gasteiger partial charge in [0.1, 0.15) is 12.1 Å². The predicted molar refractivity (Wildman–Crippen MR) is 93.9 cm³/mol. The lowest BCUT2D eigenvalue weighted by molar-refractivity contribution is -0.153. The smallest absolute Gasteiger partial charge is 0.308 e. The minimum Gasteiger partial charge on any atom is -0.464 e. The Morgan fingerprint density at radius 2 is 1.96 bits per heavy atom. The summed E-state index contributed by atoms with van der Waals surface area (Å²) in [5.74, 6) is -1.44. The Hall–Kier alpha value is -1.24. The Kier molecular flexibility index (Phi) is 6.40. The molecule has 0 aromatic heterocycles. The number of ketones is 1. The fourth-order valence-electron chi connectivity index (χ4n) is 3.87. The highest BCUT2D eigenvalue weighted by Gasteiger charge is 2.47. The summed E-state index contributed by atoms with van der Waals surface area (Å²) in [4.78, 5) is 25.0. The molecule has 6 atom stereocenters. The molecule has 0 aliphatic carbocycles. The van der Waals surface area contributed by atoms with Crippen molar-refractivity contribution in [1.82, 2.24) is 5.32 Å². The van der Waals surface area contributed by atoms with Crippen LogP contribution in [0.15, 0.2) is 11.6 Å². The first-order valence-corrected chi connectivity index (χ1v) is 9.16. The summed E-state index contributed by atoms with van der Waals surface area (Å²) in [5, 5.41) is 24.4. The molecular weight excluding hydrogens is 322 g/mol. The van der Waals surface area contributed by atoms with E-state index >= 15 is 0 Å². The minimum atomic E-state index is -1.32. The molecule has 2 rings (SSSR count). The fraction of sp³-hybridized carbons (Fsp3) is 0.789. The molecule has 0 radical (unpaired) electrons. The summed E-state index contributed by atoms with van der Waals surface area (Å²) in [5.41, 5.74) is -0.186. The summed E-state index contributed by atoms with van der Waals surface area (Å²) >= 11 is 0. The number of carbonyl (C=O) groups is 2. The lowest BCUT2D eigenvalue weighted by Crippen LogP contribution is -2.65. The molecule has 2 aliphatic rings. The Morgan fingerprint density at radius 3 is 2.64 bits per heavy atom. The first-order valence-electron chi connectivity index (χ1n) is 9.16. The van der Waals surface area contributed by atoms with Gasteiger partial charge in [0.2, 0.25) is 0 Å². The monoisotopic (exact) mass is 353 g/mol. The first-order chi connectivity index (χ1) is 11.6. The number of cyclic esters (lactones) is 1. The van der Waals surface area contributed by atoms with Gasteiger partial charge in [-0.05, 0) is 39.0 Å². The van der Waals surface area contributed by atoms with E-state index in [0.717, 1.165) is 24.8 Å². The highest BCUT2D eigenvalue weighted by atomic mass is 16.5. The molecule has 1 saturated heterocycles. The predicted octanol–water partition coefficient (Wildman–Crippen LogP) is 1.34. The van der Waals surface area contributed by atoms with E-state index in [4.69, 9.17) is 4.74 Å². The van der Waals surface area contributed by atoms with Gasteiger partial charge in [-0.15, -0.1) is 0 Å². The zero-order valence-electron chi connectivity index (χ0n) is 15.6. The van der Waals surface area contributed by atoms with Gasteiger partial charge in [-0.3, -0.25) is 14.9 Å². The van der Waals surface area contributed by atoms with Crippen molar-refractivity contribution in [2.24, 2.45) is 11.8 Å². The van der Waals surface area contributed by atoms with Crippen molar-refractivity contribution < 1.29 is 24.5 Å². The quantitative estimate of drug-likeness (QED) is 0.449. The summed E-state index contributed by atoms with van der Waals surface area (Å²) in [6.45, 7) is 7.40. The molecular formula is C19H31NO5. The van der Waals surface area contributed by atoms with E-state index in [2.05, 4.69) is 5.32 Å². The molecule has 25 heavy (non-hydrogen) atoms. The standard InChI is InChI=1S/C19H31NO5/c1-11-6-5-7-12(2)17(23)13(3)18(24)19(4)15(21)9-16(22)25-10-14(8-11)20-19/h8,12-15,17,20-21,23H,5-7,9-10H2,1-4H3/b11-8-/t12-,13+,14?,15-,17-,19-/m0/s1. The number of Topliss-reactive ketones (excluding diaryl/α,β-unsaturated/α-hetero) is 1. The molecule has 0 spiro atoms. The molecule has 2 aliphatic heterocycles. The van der Waals surface area contributed by atoms with Crippen LogP contribution in [0.3, 0.4) is 0 Å². The third-order valence-corrected chi connectivity index (χ3v) is 5.67. The van der Waals surface area contributed by atoms with Crippen LogP contribution < -0.4 is 5.32 Å². The van der Waals surface area contributed by atoms with Gasteiger partial charge >= 0.3 is 5.97 Å². The number of hydrogen-bond acceptors (Lipinski definition) is 6. The van der Waals surface area contributed by atoms with Crippen molar-refractivity contribution in [3.8, 4) is 0 Å². The molecule has 0 aromatic rings. The number of esters is 1. The van der Waals surface area contributed by atoms with Crippen LogP contribution in [0, 0.1) is 11.8 Å². The Morgan fingerprint density at radius 1 is 1.28 bits per heavy atom. The molecule has 3 N–H and O–H groups in total. The summed E-state index contributed by atoms with van der Waals surface area (Å²) in [7, 11) is 0. The summed E-state index contributed by atoms with van der Waals surface area (Å²) < 4.78 is 5.19. The van der Waals surface area contributed by atoms with Crippen LogP contribution in [0.1, 0.15) is 53.4 Å². The van der Waals surface area contributed by atoms with Gasteiger partial charge in [-0.2, -0.15) is 0 Å². The average molecular weight is 353 g/mol. The van der Waals surface area contributed by atoms with E-state index in [1.165, 1.54) is 0 Å².